The van der Waals surface area contributed by atoms with Crippen molar-refractivity contribution in [2.75, 3.05) is 38.0 Å². The van der Waals surface area contributed by atoms with E-state index < -0.39 is 0 Å². The van der Waals surface area contributed by atoms with Gasteiger partial charge in [-0.15, -0.1) is 0 Å². The van der Waals surface area contributed by atoms with Gasteiger partial charge in [-0.3, -0.25) is 14.5 Å². The van der Waals surface area contributed by atoms with Crippen LogP contribution in [0.3, 0.4) is 0 Å². The molecule has 0 saturated carbocycles. The molecule has 5 nitrogen and oxygen atoms in total. The summed E-state index contributed by atoms with van der Waals surface area (Å²) < 4.78 is 0. The van der Waals surface area contributed by atoms with Crippen molar-refractivity contribution in [2.45, 2.75) is 44.9 Å². The summed E-state index contributed by atoms with van der Waals surface area (Å²) in [6.45, 7) is 4.11. The number of nitrogens with one attached hydrogen (secondary N) is 1. The van der Waals surface area contributed by atoms with Crippen LogP contribution in [0.2, 0.25) is 0 Å². The van der Waals surface area contributed by atoms with Crippen LogP contribution in [0, 0.1) is 0 Å². The number of likely N-dealkylation sites (tertiary alicyclic amines) is 2. The van der Waals surface area contributed by atoms with Gasteiger partial charge in [-0.05, 0) is 57.0 Å². The van der Waals surface area contributed by atoms with Crippen LogP contribution in [0.5, 0.6) is 0 Å². The second kappa shape index (κ2) is 8.99. The maximum absolute atomic E-state index is 12.7. The molecule has 1 aromatic carbocycles. The molecule has 2 amide bonds. The Morgan fingerprint density at radius 3 is 2.24 bits per heavy atom. The Hall–Kier alpha value is -1.88. The highest BCUT2D eigenvalue weighted by molar-refractivity contribution is 5.97. The zero-order valence-corrected chi connectivity index (χ0v) is 15.0. The zero-order chi connectivity index (χ0) is 17.5. The third kappa shape index (κ3) is 5.30. The average molecular weight is 343 g/mol. The van der Waals surface area contributed by atoms with Crippen molar-refractivity contribution in [1.29, 1.82) is 0 Å². The molecule has 2 heterocycles. The maximum atomic E-state index is 12.7. The van der Waals surface area contributed by atoms with Gasteiger partial charge < -0.3 is 10.2 Å². The molecule has 1 N–H and O–H groups in total. The van der Waals surface area contributed by atoms with Crippen LogP contribution in [0.4, 0.5) is 5.69 Å². The number of hydrogen-bond donors (Lipinski definition) is 1. The SMILES string of the molecule is O=C(CN1CCCCC1)Nc1cccc(C(=O)N2CCCCCC2)c1. The molecule has 2 saturated heterocycles. The standard InChI is InChI=1S/C20H29N3O2/c24-19(16-22-11-4-3-5-12-22)21-18-10-8-9-17(15-18)20(25)23-13-6-1-2-7-14-23/h8-10,15H,1-7,11-14,16H2,(H,21,24). The first-order chi connectivity index (χ1) is 12.2. The van der Waals surface area contributed by atoms with E-state index in [1.54, 1.807) is 6.07 Å². The summed E-state index contributed by atoms with van der Waals surface area (Å²) in [7, 11) is 0. The van der Waals surface area contributed by atoms with Crippen molar-refractivity contribution < 1.29 is 9.59 Å². The lowest BCUT2D eigenvalue weighted by molar-refractivity contribution is -0.117. The lowest BCUT2D eigenvalue weighted by atomic mass is 10.1. The predicted molar refractivity (Wildman–Crippen MR) is 99.7 cm³/mol. The number of nitrogens with zero attached hydrogens (tertiary/aromatic N) is 2. The van der Waals surface area contributed by atoms with Crippen molar-refractivity contribution in [2.24, 2.45) is 0 Å². The highest BCUT2D eigenvalue weighted by Gasteiger charge is 2.18. The van der Waals surface area contributed by atoms with Gasteiger partial charge in [0.2, 0.25) is 5.91 Å². The van der Waals surface area contributed by atoms with Gasteiger partial charge in [-0.2, -0.15) is 0 Å². The van der Waals surface area contributed by atoms with Crippen LogP contribution in [-0.2, 0) is 4.79 Å². The van der Waals surface area contributed by atoms with Gasteiger partial charge in [0.15, 0.2) is 0 Å². The number of amides is 2. The second-order valence-corrected chi connectivity index (χ2v) is 7.17. The smallest absolute Gasteiger partial charge is 0.253 e. The molecule has 3 rings (SSSR count). The number of anilines is 1. The minimum absolute atomic E-state index is 0.00118. The molecule has 25 heavy (non-hydrogen) atoms. The minimum Gasteiger partial charge on any atom is -0.339 e. The molecule has 0 atom stereocenters. The number of piperidine rings is 1. The summed E-state index contributed by atoms with van der Waals surface area (Å²) in [4.78, 5) is 29.1. The molecule has 0 unspecified atom stereocenters. The summed E-state index contributed by atoms with van der Waals surface area (Å²) in [5.74, 6) is 0.0790. The van der Waals surface area contributed by atoms with Crippen molar-refractivity contribution in [1.82, 2.24) is 9.80 Å². The number of carbonyl (C=O) groups excluding carboxylic acids is 2. The van der Waals surface area contributed by atoms with E-state index in [4.69, 9.17) is 0 Å². The van der Waals surface area contributed by atoms with E-state index in [0.29, 0.717) is 17.8 Å². The molecule has 2 aliphatic rings. The number of benzene rings is 1. The Morgan fingerprint density at radius 2 is 1.52 bits per heavy atom. The van der Waals surface area contributed by atoms with E-state index >= 15 is 0 Å². The molecule has 0 radical (unpaired) electrons. The van der Waals surface area contributed by atoms with E-state index in [1.165, 1.54) is 32.1 Å². The van der Waals surface area contributed by atoms with Crippen LogP contribution < -0.4 is 5.32 Å². The molecule has 1 aromatic rings. The first kappa shape index (κ1) is 17.9. The van der Waals surface area contributed by atoms with Gasteiger partial charge in [0.05, 0.1) is 6.54 Å². The highest BCUT2D eigenvalue weighted by atomic mass is 16.2. The number of hydrogen-bond acceptors (Lipinski definition) is 3. The Balaban J connectivity index is 1.58. The lowest BCUT2D eigenvalue weighted by Crippen LogP contribution is -2.36. The summed E-state index contributed by atoms with van der Waals surface area (Å²) in [5, 5.41) is 2.95. The maximum Gasteiger partial charge on any atom is 0.253 e. The zero-order valence-electron chi connectivity index (χ0n) is 15.0. The van der Waals surface area contributed by atoms with Crippen LogP contribution >= 0.6 is 0 Å². The third-order valence-electron chi connectivity index (χ3n) is 5.10. The quantitative estimate of drug-likeness (QED) is 0.914. The fourth-order valence-corrected chi connectivity index (χ4v) is 3.71. The normalized spacial score (nSPS) is 19.3. The largest absolute Gasteiger partial charge is 0.339 e. The van der Waals surface area contributed by atoms with Crippen molar-refractivity contribution in [3.8, 4) is 0 Å². The molecule has 0 bridgehead atoms. The first-order valence-electron chi connectivity index (χ1n) is 9.64. The van der Waals surface area contributed by atoms with Crippen molar-refractivity contribution >= 4 is 17.5 Å². The van der Waals surface area contributed by atoms with Gasteiger partial charge >= 0.3 is 0 Å². The molecule has 136 valence electrons. The highest BCUT2D eigenvalue weighted by Crippen LogP contribution is 2.17. The Labute approximate surface area is 150 Å². The average Bonchev–Trinajstić information content (AvgIpc) is 2.91. The van der Waals surface area contributed by atoms with Gasteiger partial charge in [0, 0.05) is 24.3 Å². The minimum atomic E-state index is 0.00118. The van der Waals surface area contributed by atoms with Crippen molar-refractivity contribution in [3.63, 3.8) is 0 Å². The molecule has 0 aliphatic carbocycles. The number of carbonyl (C=O) groups is 2. The Morgan fingerprint density at radius 1 is 0.880 bits per heavy atom. The Bertz CT molecular complexity index is 588. The molecule has 2 fully saturated rings. The second-order valence-electron chi connectivity index (χ2n) is 7.17. The summed E-state index contributed by atoms with van der Waals surface area (Å²) >= 11 is 0. The van der Waals surface area contributed by atoms with Crippen LogP contribution in [0.15, 0.2) is 24.3 Å². The lowest BCUT2D eigenvalue weighted by Gasteiger charge is -2.25. The fourth-order valence-electron chi connectivity index (χ4n) is 3.71. The first-order valence-corrected chi connectivity index (χ1v) is 9.64. The molecule has 5 heteroatoms. The van der Waals surface area contributed by atoms with Gasteiger partial charge in [-0.1, -0.05) is 25.3 Å². The summed E-state index contributed by atoms with van der Waals surface area (Å²) in [6, 6.07) is 7.35. The van der Waals surface area contributed by atoms with E-state index in [2.05, 4.69) is 10.2 Å². The predicted octanol–water partition coefficient (Wildman–Crippen LogP) is 3.13. The molecular formula is C20H29N3O2. The van der Waals surface area contributed by atoms with E-state index in [9.17, 15) is 9.59 Å². The Kier molecular flexibility index (Phi) is 6.45. The third-order valence-corrected chi connectivity index (χ3v) is 5.10. The van der Waals surface area contributed by atoms with Crippen molar-refractivity contribution in [3.05, 3.63) is 29.8 Å². The topological polar surface area (TPSA) is 52.7 Å². The van der Waals surface area contributed by atoms with Crippen LogP contribution in [0.1, 0.15) is 55.3 Å². The van der Waals surface area contributed by atoms with Crippen LogP contribution in [-0.4, -0.2) is 54.3 Å². The van der Waals surface area contributed by atoms with E-state index in [0.717, 1.165) is 39.0 Å². The van der Waals surface area contributed by atoms with Crippen LogP contribution in [0.25, 0.3) is 0 Å². The van der Waals surface area contributed by atoms with E-state index in [1.807, 2.05) is 23.1 Å². The van der Waals surface area contributed by atoms with Gasteiger partial charge in [-0.25, -0.2) is 0 Å². The van der Waals surface area contributed by atoms with Gasteiger partial charge in [0.1, 0.15) is 0 Å². The summed E-state index contributed by atoms with van der Waals surface area (Å²) in [5.41, 5.74) is 1.38. The number of rotatable bonds is 4. The fraction of sp³-hybridized carbons (Fsp3) is 0.600. The molecule has 0 spiro atoms. The van der Waals surface area contributed by atoms with Gasteiger partial charge in [0.25, 0.3) is 5.91 Å². The summed E-state index contributed by atoms with van der Waals surface area (Å²) in [6.07, 6.45) is 8.18. The molecule has 2 aliphatic heterocycles. The molecular weight excluding hydrogens is 314 g/mol. The monoisotopic (exact) mass is 343 g/mol. The van der Waals surface area contributed by atoms with E-state index in [-0.39, 0.29) is 11.8 Å². The molecule has 0 aromatic heterocycles.